The van der Waals surface area contributed by atoms with E-state index in [-0.39, 0.29) is 5.56 Å². The van der Waals surface area contributed by atoms with Crippen LogP contribution >= 0.6 is 22.9 Å². The number of primary amides is 1. The molecule has 0 fully saturated rings. The van der Waals surface area contributed by atoms with Crippen molar-refractivity contribution in [3.8, 4) is 0 Å². The fourth-order valence-electron chi connectivity index (χ4n) is 3.13. The van der Waals surface area contributed by atoms with E-state index in [1.54, 1.807) is 6.07 Å². The minimum absolute atomic E-state index is 0.209. The number of benzene rings is 1. The van der Waals surface area contributed by atoms with Crippen LogP contribution in [-0.2, 0) is 11.2 Å². The molecule has 1 unspecified atom stereocenters. The highest BCUT2D eigenvalue weighted by molar-refractivity contribution is 7.18. The molecule has 1 aromatic carbocycles. The molecule has 7 heteroatoms. The van der Waals surface area contributed by atoms with Crippen LogP contribution in [0.25, 0.3) is 10.2 Å². The number of nitrogens with zero attached hydrogens (tertiary/aromatic N) is 2. The monoisotopic (exact) mass is 389 g/mol. The van der Waals surface area contributed by atoms with Crippen molar-refractivity contribution < 1.29 is 4.79 Å². The number of hydrogen-bond donors (Lipinski definition) is 1. The number of halogens is 1. The lowest BCUT2D eigenvalue weighted by molar-refractivity contribution is -0.121. The van der Waals surface area contributed by atoms with E-state index in [0.717, 1.165) is 16.0 Å². The van der Waals surface area contributed by atoms with E-state index in [2.05, 4.69) is 0 Å². The zero-order chi connectivity index (χ0) is 19.0. The molecule has 1 atom stereocenters. The Morgan fingerprint density at radius 2 is 2.12 bits per heavy atom. The molecule has 0 bridgehead atoms. The van der Waals surface area contributed by atoms with Crippen molar-refractivity contribution >= 4 is 39.1 Å². The van der Waals surface area contributed by atoms with E-state index in [4.69, 9.17) is 22.3 Å². The van der Waals surface area contributed by atoms with Gasteiger partial charge in [0.25, 0.3) is 5.56 Å². The van der Waals surface area contributed by atoms with Crippen molar-refractivity contribution in [3.63, 3.8) is 0 Å². The van der Waals surface area contributed by atoms with Crippen LogP contribution in [0.2, 0.25) is 5.02 Å². The van der Waals surface area contributed by atoms with E-state index >= 15 is 0 Å². The number of fused-ring (bicyclic) bond motifs is 1. The van der Waals surface area contributed by atoms with Crippen LogP contribution in [0, 0.1) is 13.8 Å². The number of amides is 1. The molecule has 0 saturated heterocycles. The summed E-state index contributed by atoms with van der Waals surface area (Å²) in [5, 5.41) is 1.18. The Morgan fingerprint density at radius 3 is 2.73 bits per heavy atom. The highest BCUT2D eigenvalue weighted by atomic mass is 35.5. The van der Waals surface area contributed by atoms with Gasteiger partial charge in [0.05, 0.1) is 5.39 Å². The third-order valence-electron chi connectivity index (χ3n) is 4.59. The SMILES string of the molecule is CCC(C(N)=O)n1c(Cc2cccc(Cl)c2)nc2sc(C)c(C)c2c1=O. The summed E-state index contributed by atoms with van der Waals surface area (Å²) in [4.78, 5) is 31.7. The average Bonchev–Trinajstić information content (AvgIpc) is 2.85. The van der Waals surface area contributed by atoms with Crippen LogP contribution < -0.4 is 11.3 Å². The van der Waals surface area contributed by atoms with E-state index in [0.29, 0.717) is 33.9 Å². The van der Waals surface area contributed by atoms with Crippen molar-refractivity contribution in [2.45, 2.75) is 39.7 Å². The van der Waals surface area contributed by atoms with Crippen molar-refractivity contribution in [1.82, 2.24) is 9.55 Å². The summed E-state index contributed by atoms with van der Waals surface area (Å²) in [6.45, 7) is 5.71. The maximum atomic E-state index is 13.2. The van der Waals surface area contributed by atoms with E-state index in [1.807, 2.05) is 39.0 Å². The molecule has 136 valence electrons. The van der Waals surface area contributed by atoms with Gasteiger partial charge in [0.2, 0.25) is 5.91 Å². The third-order valence-corrected chi connectivity index (χ3v) is 5.92. The van der Waals surface area contributed by atoms with Gasteiger partial charge in [-0.3, -0.25) is 14.2 Å². The van der Waals surface area contributed by atoms with Crippen LogP contribution in [0.1, 0.15) is 41.2 Å². The number of nitrogens with two attached hydrogens (primary N) is 1. The van der Waals surface area contributed by atoms with Gasteiger partial charge in [0.15, 0.2) is 0 Å². The molecule has 0 aliphatic rings. The Morgan fingerprint density at radius 1 is 1.38 bits per heavy atom. The molecule has 0 aliphatic carbocycles. The number of aromatic nitrogens is 2. The molecule has 2 N–H and O–H groups in total. The minimum Gasteiger partial charge on any atom is -0.368 e. The average molecular weight is 390 g/mol. The second-order valence-electron chi connectivity index (χ2n) is 6.30. The highest BCUT2D eigenvalue weighted by Crippen LogP contribution is 2.28. The lowest BCUT2D eigenvalue weighted by Crippen LogP contribution is -2.36. The topological polar surface area (TPSA) is 78.0 Å². The molecular formula is C19H20ClN3O2S. The Kier molecular flexibility index (Phi) is 5.16. The highest BCUT2D eigenvalue weighted by Gasteiger charge is 2.24. The van der Waals surface area contributed by atoms with Crippen molar-refractivity contribution in [2.75, 3.05) is 0 Å². The Labute approximate surface area is 160 Å². The number of carbonyl (C=O) groups excluding carboxylic acids is 1. The molecule has 2 aromatic heterocycles. The zero-order valence-electron chi connectivity index (χ0n) is 14.9. The van der Waals surface area contributed by atoms with Gasteiger partial charge in [-0.15, -0.1) is 11.3 Å². The fraction of sp³-hybridized carbons (Fsp3) is 0.316. The van der Waals surface area contributed by atoms with E-state index in [9.17, 15) is 9.59 Å². The van der Waals surface area contributed by atoms with Crippen LogP contribution in [0.15, 0.2) is 29.1 Å². The van der Waals surface area contributed by atoms with E-state index < -0.39 is 11.9 Å². The Bertz CT molecular complexity index is 1050. The summed E-state index contributed by atoms with van der Waals surface area (Å²) >= 11 is 7.57. The predicted octanol–water partition coefficient (Wildman–Crippen LogP) is 3.76. The largest absolute Gasteiger partial charge is 0.368 e. The summed E-state index contributed by atoms with van der Waals surface area (Å²) in [6, 6.07) is 6.66. The molecule has 1 amide bonds. The van der Waals surface area contributed by atoms with Gasteiger partial charge in [-0.2, -0.15) is 0 Å². The number of hydrogen-bond acceptors (Lipinski definition) is 4. The van der Waals surface area contributed by atoms with Gasteiger partial charge < -0.3 is 5.73 Å². The normalized spacial score (nSPS) is 12.5. The van der Waals surface area contributed by atoms with Gasteiger partial charge in [-0.25, -0.2) is 4.98 Å². The smallest absolute Gasteiger partial charge is 0.263 e. The Balaban J connectivity index is 2.28. The van der Waals surface area contributed by atoms with Crippen molar-refractivity contribution in [1.29, 1.82) is 0 Å². The van der Waals surface area contributed by atoms with Crippen molar-refractivity contribution in [3.05, 3.63) is 61.5 Å². The number of rotatable bonds is 5. The summed E-state index contributed by atoms with van der Waals surface area (Å²) in [5.74, 6) is -0.00985. The fourth-order valence-corrected chi connectivity index (χ4v) is 4.39. The van der Waals surface area contributed by atoms with Crippen LogP contribution in [0.5, 0.6) is 0 Å². The number of thiophene rings is 1. The van der Waals surface area contributed by atoms with Crippen molar-refractivity contribution in [2.24, 2.45) is 5.73 Å². The summed E-state index contributed by atoms with van der Waals surface area (Å²) < 4.78 is 1.46. The molecule has 5 nitrogen and oxygen atoms in total. The first-order chi connectivity index (χ1) is 12.3. The summed E-state index contributed by atoms with van der Waals surface area (Å²) in [6.07, 6.45) is 0.818. The molecule has 0 spiro atoms. The van der Waals surface area contributed by atoms with Crippen LogP contribution in [0.4, 0.5) is 0 Å². The zero-order valence-corrected chi connectivity index (χ0v) is 16.4. The van der Waals surface area contributed by atoms with Gasteiger partial charge in [0.1, 0.15) is 16.7 Å². The van der Waals surface area contributed by atoms with Gasteiger partial charge in [-0.1, -0.05) is 30.7 Å². The number of aryl methyl sites for hydroxylation is 2. The maximum Gasteiger partial charge on any atom is 0.263 e. The minimum atomic E-state index is -0.729. The third kappa shape index (κ3) is 3.27. The quantitative estimate of drug-likeness (QED) is 0.721. The molecule has 0 saturated carbocycles. The number of carbonyl (C=O) groups is 1. The Hall–Kier alpha value is -2.18. The molecule has 26 heavy (non-hydrogen) atoms. The van der Waals surface area contributed by atoms with Gasteiger partial charge >= 0.3 is 0 Å². The molecule has 0 radical (unpaired) electrons. The first-order valence-electron chi connectivity index (χ1n) is 8.38. The first-order valence-corrected chi connectivity index (χ1v) is 9.57. The molecule has 3 aromatic rings. The van der Waals surface area contributed by atoms with Gasteiger partial charge in [0, 0.05) is 16.3 Å². The predicted molar refractivity (Wildman–Crippen MR) is 106 cm³/mol. The molecule has 2 heterocycles. The van der Waals surface area contributed by atoms with Crippen LogP contribution in [-0.4, -0.2) is 15.5 Å². The second-order valence-corrected chi connectivity index (χ2v) is 7.94. The second kappa shape index (κ2) is 7.21. The van der Waals surface area contributed by atoms with E-state index in [1.165, 1.54) is 15.9 Å². The lowest BCUT2D eigenvalue weighted by atomic mass is 10.1. The van der Waals surface area contributed by atoms with Crippen LogP contribution in [0.3, 0.4) is 0 Å². The summed E-state index contributed by atoms with van der Waals surface area (Å²) in [7, 11) is 0. The first kappa shape index (κ1) is 18.6. The standard InChI is InChI=1S/C19H20ClN3O2S/c1-4-14(17(21)24)23-15(9-12-6-5-7-13(20)8-12)22-18-16(19(23)25)10(2)11(3)26-18/h5-8,14H,4,9H2,1-3H3,(H2,21,24). The molecule has 3 rings (SSSR count). The lowest BCUT2D eigenvalue weighted by Gasteiger charge is -2.19. The molecule has 0 aliphatic heterocycles. The molecular weight excluding hydrogens is 370 g/mol. The maximum absolute atomic E-state index is 13.2. The summed E-state index contributed by atoms with van der Waals surface area (Å²) in [5.41, 5.74) is 7.19. The van der Waals surface area contributed by atoms with Gasteiger partial charge in [-0.05, 0) is 43.5 Å².